The maximum absolute atomic E-state index is 11.7. The summed E-state index contributed by atoms with van der Waals surface area (Å²) in [6.07, 6.45) is 7.94. The first-order valence-electron chi connectivity index (χ1n) is 5.54. The van der Waals surface area contributed by atoms with E-state index in [4.69, 9.17) is 0 Å². The van der Waals surface area contributed by atoms with Crippen LogP contribution in [0.5, 0.6) is 0 Å². The number of hydrogen-bond acceptors (Lipinski definition) is 2. The maximum atomic E-state index is 11.7. The van der Waals surface area contributed by atoms with E-state index in [1.807, 2.05) is 0 Å². The van der Waals surface area contributed by atoms with E-state index in [9.17, 15) is 13.2 Å². The van der Waals surface area contributed by atoms with Crippen LogP contribution in [-0.2, 0) is 0 Å². The van der Waals surface area contributed by atoms with E-state index in [-0.39, 0.29) is 11.9 Å². The van der Waals surface area contributed by atoms with Crippen LogP contribution in [-0.4, -0.2) is 12.1 Å². The summed E-state index contributed by atoms with van der Waals surface area (Å²) in [6.45, 7) is 2.61. The van der Waals surface area contributed by atoms with Crippen molar-refractivity contribution >= 4 is 11.9 Å². The Morgan fingerprint density at radius 3 is 2.00 bits per heavy atom. The van der Waals surface area contributed by atoms with Crippen molar-refractivity contribution in [3.63, 3.8) is 0 Å². The third kappa shape index (κ3) is 14.1. The second-order valence-electron chi connectivity index (χ2n) is 3.56. The molecule has 0 heterocycles. The molecule has 0 unspecified atom stereocenters. The quantitative estimate of drug-likeness (QED) is 0.473. The Balaban J connectivity index is 2.99. The molecule has 0 atom stereocenters. The first-order valence-corrected chi connectivity index (χ1v) is 6.35. The van der Waals surface area contributed by atoms with Gasteiger partial charge >= 0.3 is 5.51 Å². The number of rotatable bonds is 9. The van der Waals surface area contributed by atoms with Crippen molar-refractivity contribution in [2.45, 2.75) is 57.4 Å². The van der Waals surface area contributed by atoms with Crippen LogP contribution in [0.4, 0.5) is 13.2 Å². The second-order valence-corrected chi connectivity index (χ2v) is 4.52. The molecule has 0 aromatic heterocycles. The Kier molecular flexibility index (Phi) is 9.40. The molecule has 0 saturated carbocycles. The van der Waals surface area contributed by atoms with Gasteiger partial charge in [-0.25, -0.2) is 0 Å². The van der Waals surface area contributed by atoms with E-state index in [1.165, 1.54) is 25.7 Å². The van der Waals surface area contributed by atoms with Crippen LogP contribution < -0.4 is 4.72 Å². The van der Waals surface area contributed by atoms with E-state index in [2.05, 4.69) is 11.6 Å². The molecule has 0 aliphatic rings. The molecule has 1 N–H and O–H groups in total. The lowest BCUT2D eigenvalue weighted by atomic mass is 10.1. The van der Waals surface area contributed by atoms with Crippen molar-refractivity contribution in [3.8, 4) is 0 Å². The fourth-order valence-electron chi connectivity index (χ4n) is 1.29. The zero-order valence-electron chi connectivity index (χ0n) is 9.20. The van der Waals surface area contributed by atoms with Crippen LogP contribution in [0.3, 0.4) is 0 Å². The van der Waals surface area contributed by atoms with Crippen LogP contribution in [0, 0.1) is 0 Å². The third-order valence-electron chi connectivity index (χ3n) is 2.07. The Hall–Kier alpha value is 0.100. The largest absolute Gasteiger partial charge is 0.456 e. The standard InChI is InChI=1S/C10H20F3NS/c1-2-3-4-5-6-7-8-9-14-15-10(11,12)13/h14H,2-9H2,1H3. The maximum Gasteiger partial charge on any atom is 0.456 e. The molecule has 0 radical (unpaired) electrons. The summed E-state index contributed by atoms with van der Waals surface area (Å²) < 4.78 is 37.3. The van der Waals surface area contributed by atoms with Crippen molar-refractivity contribution in [2.75, 3.05) is 6.54 Å². The second kappa shape index (κ2) is 9.33. The van der Waals surface area contributed by atoms with Gasteiger partial charge in [-0.15, -0.1) is 0 Å². The molecule has 0 saturated heterocycles. The topological polar surface area (TPSA) is 12.0 Å². The van der Waals surface area contributed by atoms with E-state index in [0.717, 1.165) is 19.3 Å². The average molecular weight is 243 g/mol. The van der Waals surface area contributed by atoms with Gasteiger partial charge in [-0.3, -0.25) is 4.72 Å². The molecule has 0 aromatic rings. The van der Waals surface area contributed by atoms with Gasteiger partial charge in [0.1, 0.15) is 0 Å². The molecule has 0 fully saturated rings. The molecular formula is C10H20F3NS. The monoisotopic (exact) mass is 243 g/mol. The highest BCUT2D eigenvalue weighted by Gasteiger charge is 2.27. The Labute approximate surface area is 94.3 Å². The summed E-state index contributed by atoms with van der Waals surface area (Å²) in [4.78, 5) is 0. The predicted octanol–water partition coefficient (Wildman–Crippen LogP) is 4.49. The highest BCUT2D eigenvalue weighted by Crippen LogP contribution is 2.27. The van der Waals surface area contributed by atoms with Gasteiger partial charge in [0.15, 0.2) is 0 Å². The normalized spacial score (nSPS) is 12.0. The van der Waals surface area contributed by atoms with Crippen molar-refractivity contribution in [2.24, 2.45) is 0 Å². The first kappa shape index (κ1) is 15.1. The molecule has 0 aliphatic heterocycles. The van der Waals surface area contributed by atoms with Gasteiger partial charge < -0.3 is 0 Å². The van der Waals surface area contributed by atoms with Crippen molar-refractivity contribution in [1.29, 1.82) is 0 Å². The minimum absolute atomic E-state index is 0.145. The highest BCUT2D eigenvalue weighted by atomic mass is 32.2. The lowest BCUT2D eigenvalue weighted by Crippen LogP contribution is -2.14. The van der Waals surface area contributed by atoms with E-state index in [1.54, 1.807) is 0 Å². The van der Waals surface area contributed by atoms with Gasteiger partial charge in [0.2, 0.25) is 0 Å². The number of nitrogens with one attached hydrogen (secondary N) is 1. The zero-order chi connectivity index (χ0) is 11.6. The summed E-state index contributed by atoms with van der Waals surface area (Å²) in [6, 6.07) is 0. The van der Waals surface area contributed by atoms with Gasteiger partial charge in [0, 0.05) is 18.5 Å². The molecule has 5 heteroatoms. The molecule has 0 bridgehead atoms. The molecule has 15 heavy (non-hydrogen) atoms. The molecule has 1 nitrogen and oxygen atoms in total. The van der Waals surface area contributed by atoms with E-state index in [0.29, 0.717) is 6.54 Å². The number of hydrogen-bond donors (Lipinski definition) is 1. The molecular weight excluding hydrogens is 223 g/mol. The zero-order valence-corrected chi connectivity index (χ0v) is 10.0. The smallest absolute Gasteiger partial charge is 0.257 e. The molecule has 0 aliphatic carbocycles. The Bertz CT molecular complexity index is 139. The molecule has 0 spiro atoms. The lowest BCUT2D eigenvalue weighted by Gasteiger charge is -2.06. The highest BCUT2D eigenvalue weighted by molar-refractivity contribution is 7.98. The fraction of sp³-hybridized carbons (Fsp3) is 1.00. The first-order chi connectivity index (χ1) is 7.06. The average Bonchev–Trinajstić information content (AvgIpc) is 2.14. The van der Waals surface area contributed by atoms with Crippen molar-refractivity contribution < 1.29 is 13.2 Å². The van der Waals surface area contributed by atoms with Gasteiger partial charge in [0.05, 0.1) is 0 Å². The summed E-state index contributed by atoms with van der Waals surface area (Å²) in [5, 5.41) is 0. The summed E-state index contributed by atoms with van der Waals surface area (Å²) in [5.41, 5.74) is -4.15. The predicted molar refractivity (Wildman–Crippen MR) is 59.6 cm³/mol. The van der Waals surface area contributed by atoms with Gasteiger partial charge in [-0.2, -0.15) is 13.2 Å². The van der Waals surface area contributed by atoms with E-state index < -0.39 is 5.51 Å². The van der Waals surface area contributed by atoms with Crippen LogP contribution in [0.25, 0.3) is 0 Å². The van der Waals surface area contributed by atoms with Crippen LogP contribution in [0.1, 0.15) is 51.9 Å². The molecule has 92 valence electrons. The molecule has 0 amide bonds. The molecule has 0 aromatic carbocycles. The number of unbranched alkanes of at least 4 members (excludes halogenated alkanes) is 6. The van der Waals surface area contributed by atoms with Crippen LogP contribution in [0.2, 0.25) is 0 Å². The summed E-state index contributed by atoms with van der Waals surface area (Å²) in [7, 11) is 0. The van der Waals surface area contributed by atoms with Gasteiger partial charge in [0.25, 0.3) is 0 Å². The van der Waals surface area contributed by atoms with Gasteiger partial charge in [-0.05, 0) is 6.42 Å². The summed E-state index contributed by atoms with van der Waals surface area (Å²) >= 11 is -0.145. The van der Waals surface area contributed by atoms with Gasteiger partial charge in [-0.1, -0.05) is 45.4 Å². The Morgan fingerprint density at radius 1 is 0.933 bits per heavy atom. The fourth-order valence-corrected chi connectivity index (χ4v) is 1.70. The van der Waals surface area contributed by atoms with Crippen molar-refractivity contribution in [1.82, 2.24) is 4.72 Å². The SMILES string of the molecule is CCCCCCCCCNSC(F)(F)F. The summed E-state index contributed by atoms with van der Waals surface area (Å²) in [5.74, 6) is 0. The lowest BCUT2D eigenvalue weighted by molar-refractivity contribution is -0.0335. The van der Waals surface area contributed by atoms with Crippen molar-refractivity contribution in [3.05, 3.63) is 0 Å². The Morgan fingerprint density at radius 2 is 1.47 bits per heavy atom. The number of halogens is 3. The number of alkyl halides is 3. The van der Waals surface area contributed by atoms with Crippen LogP contribution >= 0.6 is 11.9 Å². The third-order valence-corrected chi connectivity index (χ3v) is 2.65. The minimum atomic E-state index is -4.15. The molecule has 0 rings (SSSR count). The van der Waals surface area contributed by atoms with Crippen LogP contribution in [0.15, 0.2) is 0 Å². The van der Waals surface area contributed by atoms with E-state index >= 15 is 0 Å². The minimum Gasteiger partial charge on any atom is -0.257 e.